The molecular formula is C24H20N2OS. The van der Waals surface area contributed by atoms with Crippen LogP contribution in [0.1, 0.15) is 5.69 Å². The number of nitrogens with one attached hydrogen (secondary N) is 1. The van der Waals surface area contributed by atoms with Crippen LogP contribution < -0.4 is 5.32 Å². The Morgan fingerprint density at radius 3 is 2.54 bits per heavy atom. The summed E-state index contributed by atoms with van der Waals surface area (Å²) in [5.74, 6) is 0.302. The zero-order valence-electron chi connectivity index (χ0n) is 15.6. The Labute approximate surface area is 168 Å². The van der Waals surface area contributed by atoms with Gasteiger partial charge in [-0.1, -0.05) is 66.7 Å². The van der Waals surface area contributed by atoms with E-state index in [1.54, 1.807) is 0 Å². The first-order valence-corrected chi connectivity index (χ1v) is 10.1. The quantitative estimate of drug-likeness (QED) is 0.433. The number of benzene rings is 3. The van der Waals surface area contributed by atoms with Crippen molar-refractivity contribution >= 4 is 34.3 Å². The molecule has 0 atom stereocenters. The normalized spacial score (nSPS) is 10.8. The number of hydrogen-bond donors (Lipinski definition) is 1. The van der Waals surface area contributed by atoms with Crippen molar-refractivity contribution in [2.45, 2.75) is 11.8 Å². The van der Waals surface area contributed by atoms with E-state index in [1.165, 1.54) is 11.8 Å². The maximum Gasteiger partial charge on any atom is 0.234 e. The Bertz CT molecular complexity index is 1130. The Hall–Kier alpha value is -3.11. The van der Waals surface area contributed by atoms with Crippen molar-refractivity contribution in [2.24, 2.45) is 0 Å². The average molecular weight is 385 g/mol. The van der Waals surface area contributed by atoms with Gasteiger partial charge in [-0.2, -0.15) is 0 Å². The third kappa shape index (κ3) is 4.07. The number of nitrogens with zero attached hydrogens (tertiary/aromatic N) is 1. The molecule has 4 rings (SSSR count). The number of fused-ring (bicyclic) bond motifs is 1. The highest BCUT2D eigenvalue weighted by Gasteiger charge is 2.10. The lowest BCUT2D eigenvalue weighted by Crippen LogP contribution is -2.14. The molecular weight excluding hydrogens is 364 g/mol. The molecule has 3 nitrogen and oxygen atoms in total. The first-order chi connectivity index (χ1) is 13.7. The van der Waals surface area contributed by atoms with Crippen LogP contribution in [0.4, 0.5) is 5.69 Å². The van der Waals surface area contributed by atoms with Crippen LogP contribution >= 0.6 is 11.8 Å². The maximum absolute atomic E-state index is 12.6. The van der Waals surface area contributed by atoms with Gasteiger partial charge in [0.05, 0.1) is 11.3 Å². The number of anilines is 1. The SMILES string of the molecule is Cc1ccc2cccc(SCC(=O)Nc3ccccc3-c3ccccc3)c2n1. The Balaban J connectivity index is 1.50. The van der Waals surface area contributed by atoms with Crippen molar-refractivity contribution < 1.29 is 4.79 Å². The number of aryl methyl sites for hydroxylation is 1. The molecule has 0 fully saturated rings. The van der Waals surface area contributed by atoms with E-state index in [1.807, 2.05) is 85.8 Å². The molecule has 0 radical (unpaired) electrons. The van der Waals surface area contributed by atoms with Gasteiger partial charge in [0, 0.05) is 27.2 Å². The van der Waals surface area contributed by atoms with Gasteiger partial charge >= 0.3 is 0 Å². The summed E-state index contributed by atoms with van der Waals surface area (Å²) in [5, 5.41) is 4.15. The van der Waals surface area contributed by atoms with Crippen molar-refractivity contribution in [1.82, 2.24) is 4.98 Å². The number of hydrogen-bond acceptors (Lipinski definition) is 3. The van der Waals surface area contributed by atoms with Crippen LogP contribution in [0.3, 0.4) is 0 Å². The first-order valence-electron chi connectivity index (χ1n) is 9.14. The Morgan fingerprint density at radius 1 is 0.893 bits per heavy atom. The van der Waals surface area contributed by atoms with Crippen molar-refractivity contribution in [1.29, 1.82) is 0 Å². The summed E-state index contributed by atoms with van der Waals surface area (Å²) in [6, 6.07) is 28.1. The van der Waals surface area contributed by atoms with Crippen molar-refractivity contribution in [3.05, 3.63) is 90.6 Å². The molecule has 0 bridgehead atoms. The summed E-state index contributed by atoms with van der Waals surface area (Å²) in [6.07, 6.45) is 0. The summed E-state index contributed by atoms with van der Waals surface area (Å²) < 4.78 is 0. The van der Waals surface area contributed by atoms with Crippen LogP contribution in [0.5, 0.6) is 0 Å². The molecule has 28 heavy (non-hydrogen) atoms. The molecule has 0 saturated carbocycles. The summed E-state index contributed by atoms with van der Waals surface area (Å²) in [4.78, 5) is 18.3. The minimum atomic E-state index is -0.0296. The molecule has 0 saturated heterocycles. The number of amides is 1. The fourth-order valence-electron chi connectivity index (χ4n) is 3.13. The Kier molecular flexibility index (Phi) is 5.40. The number of thioether (sulfide) groups is 1. The van der Waals surface area contributed by atoms with E-state index < -0.39 is 0 Å². The molecule has 0 aliphatic rings. The molecule has 0 aliphatic heterocycles. The summed E-state index contributed by atoms with van der Waals surface area (Å²) in [7, 11) is 0. The van der Waals surface area contributed by atoms with Gasteiger partial charge in [0.25, 0.3) is 0 Å². The van der Waals surface area contributed by atoms with E-state index in [9.17, 15) is 4.79 Å². The standard InChI is InChI=1S/C24H20N2OS/c1-17-14-15-19-10-7-13-22(24(19)25-17)28-16-23(27)26-21-12-6-5-11-20(21)18-8-3-2-4-9-18/h2-15H,16H2,1H3,(H,26,27). The summed E-state index contributed by atoms with van der Waals surface area (Å²) in [6.45, 7) is 1.98. The van der Waals surface area contributed by atoms with Crippen LogP contribution in [-0.4, -0.2) is 16.6 Å². The van der Waals surface area contributed by atoms with E-state index in [0.29, 0.717) is 5.75 Å². The van der Waals surface area contributed by atoms with E-state index in [2.05, 4.69) is 16.4 Å². The largest absolute Gasteiger partial charge is 0.325 e. The number of pyridine rings is 1. The predicted molar refractivity (Wildman–Crippen MR) is 118 cm³/mol. The molecule has 1 N–H and O–H groups in total. The summed E-state index contributed by atoms with van der Waals surface area (Å²) >= 11 is 1.51. The van der Waals surface area contributed by atoms with Gasteiger partial charge in [0.2, 0.25) is 5.91 Å². The average Bonchev–Trinajstić information content (AvgIpc) is 2.73. The number of carbonyl (C=O) groups excluding carboxylic acids is 1. The third-order valence-corrected chi connectivity index (χ3v) is 5.51. The third-order valence-electron chi connectivity index (χ3n) is 4.47. The molecule has 0 spiro atoms. The first kappa shape index (κ1) is 18.3. The van der Waals surface area contributed by atoms with Crippen molar-refractivity contribution in [3.8, 4) is 11.1 Å². The van der Waals surface area contributed by atoms with Gasteiger partial charge in [-0.05, 0) is 30.7 Å². The van der Waals surface area contributed by atoms with E-state index >= 15 is 0 Å². The molecule has 138 valence electrons. The minimum absolute atomic E-state index is 0.0296. The number of rotatable bonds is 5. The topological polar surface area (TPSA) is 42.0 Å². The Morgan fingerprint density at radius 2 is 1.68 bits per heavy atom. The maximum atomic E-state index is 12.6. The lowest BCUT2D eigenvalue weighted by Gasteiger charge is -2.11. The monoisotopic (exact) mass is 384 g/mol. The fraction of sp³-hybridized carbons (Fsp3) is 0.0833. The van der Waals surface area contributed by atoms with Gasteiger partial charge in [0.1, 0.15) is 0 Å². The van der Waals surface area contributed by atoms with Gasteiger partial charge in [-0.3, -0.25) is 9.78 Å². The second-order valence-electron chi connectivity index (χ2n) is 6.53. The van der Waals surface area contributed by atoms with Crippen molar-refractivity contribution in [2.75, 3.05) is 11.1 Å². The number of aromatic nitrogens is 1. The highest BCUT2D eigenvalue weighted by Crippen LogP contribution is 2.29. The van der Waals surface area contributed by atoms with E-state index in [0.717, 1.165) is 38.3 Å². The number of para-hydroxylation sites is 2. The van der Waals surface area contributed by atoms with E-state index in [-0.39, 0.29) is 5.91 Å². The van der Waals surface area contributed by atoms with Gasteiger partial charge in [-0.25, -0.2) is 0 Å². The van der Waals surface area contributed by atoms with Crippen LogP contribution in [-0.2, 0) is 4.79 Å². The van der Waals surface area contributed by atoms with E-state index in [4.69, 9.17) is 0 Å². The number of carbonyl (C=O) groups is 1. The second-order valence-corrected chi connectivity index (χ2v) is 7.55. The molecule has 4 heteroatoms. The van der Waals surface area contributed by atoms with Gasteiger partial charge in [-0.15, -0.1) is 11.8 Å². The van der Waals surface area contributed by atoms with Crippen molar-refractivity contribution in [3.63, 3.8) is 0 Å². The predicted octanol–water partition coefficient (Wildman–Crippen LogP) is 5.94. The minimum Gasteiger partial charge on any atom is -0.325 e. The molecule has 3 aromatic carbocycles. The molecule has 1 heterocycles. The zero-order chi connectivity index (χ0) is 19.3. The fourth-order valence-corrected chi connectivity index (χ4v) is 3.96. The highest BCUT2D eigenvalue weighted by atomic mass is 32.2. The van der Waals surface area contributed by atoms with Gasteiger partial charge < -0.3 is 5.32 Å². The molecule has 0 aliphatic carbocycles. The molecule has 4 aromatic rings. The lowest BCUT2D eigenvalue weighted by molar-refractivity contribution is -0.113. The molecule has 0 unspecified atom stereocenters. The molecule has 1 aromatic heterocycles. The second kappa shape index (κ2) is 8.28. The highest BCUT2D eigenvalue weighted by molar-refractivity contribution is 8.00. The van der Waals surface area contributed by atoms with Crippen LogP contribution in [0, 0.1) is 6.92 Å². The zero-order valence-corrected chi connectivity index (χ0v) is 16.4. The summed E-state index contributed by atoms with van der Waals surface area (Å²) in [5.41, 5.74) is 4.85. The van der Waals surface area contributed by atoms with Crippen LogP contribution in [0.2, 0.25) is 0 Å². The van der Waals surface area contributed by atoms with Crippen LogP contribution in [0.25, 0.3) is 22.0 Å². The lowest BCUT2D eigenvalue weighted by atomic mass is 10.0. The van der Waals surface area contributed by atoms with Crippen LogP contribution in [0.15, 0.2) is 89.8 Å². The van der Waals surface area contributed by atoms with Gasteiger partial charge in [0.15, 0.2) is 0 Å². The smallest absolute Gasteiger partial charge is 0.234 e. The molecule has 1 amide bonds.